The second-order valence-corrected chi connectivity index (χ2v) is 12.2. The maximum atomic E-state index is 12.7. The molecule has 43 heavy (non-hydrogen) atoms. The van der Waals surface area contributed by atoms with Crippen LogP contribution in [-0.2, 0) is 16.1 Å². The predicted molar refractivity (Wildman–Crippen MR) is 167 cm³/mol. The third-order valence-corrected chi connectivity index (χ3v) is 7.83. The van der Waals surface area contributed by atoms with Crippen LogP contribution in [0.4, 0.5) is 4.79 Å². The molecule has 2 aromatic carbocycles. The fourth-order valence-corrected chi connectivity index (χ4v) is 5.67. The number of nitrogens with zero attached hydrogens (tertiary/aromatic N) is 4. The molecule has 2 aromatic heterocycles. The van der Waals surface area contributed by atoms with Crippen LogP contribution in [0.3, 0.4) is 0 Å². The SMILES string of the molecule is COc1ccc(Cn2nc(C3CCN(C(=O)OC(C)(C)C)CC3)c3c(-c4ccc([C@@H](C)NC(C)=O)cc4)ccnc32)cc1. The topological polar surface area (TPSA) is 98.6 Å². The smallest absolute Gasteiger partial charge is 0.410 e. The average Bonchev–Trinajstić information content (AvgIpc) is 3.35. The first-order valence-electron chi connectivity index (χ1n) is 14.9. The van der Waals surface area contributed by atoms with Gasteiger partial charge in [0.2, 0.25) is 5.91 Å². The molecule has 0 bridgehead atoms. The van der Waals surface area contributed by atoms with Crippen molar-refractivity contribution in [2.45, 2.75) is 71.6 Å². The van der Waals surface area contributed by atoms with Crippen LogP contribution >= 0.6 is 0 Å². The Labute approximate surface area is 253 Å². The third-order valence-electron chi connectivity index (χ3n) is 7.83. The Balaban J connectivity index is 1.50. The van der Waals surface area contributed by atoms with E-state index in [1.54, 1.807) is 12.0 Å². The van der Waals surface area contributed by atoms with Crippen LogP contribution in [0.15, 0.2) is 60.8 Å². The van der Waals surface area contributed by atoms with Crippen molar-refractivity contribution in [2.24, 2.45) is 0 Å². The average molecular weight is 584 g/mol. The first kappa shape index (κ1) is 30.1. The van der Waals surface area contributed by atoms with Crippen molar-refractivity contribution in [3.05, 3.63) is 77.6 Å². The first-order valence-corrected chi connectivity index (χ1v) is 14.9. The largest absolute Gasteiger partial charge is 0.497 e. The number of benzene rings is 2. The van der Waals surface area contributed by atoms with Crippen molar-refractivity contribution >= 4 is 23.0 Å². The number of hydrogen-bond acceptors (Lipinski definition) is 6. The van der Waals surface area contributed by atoms with Gasteiger partial charge in [-0.1, -0.05) is 36.4 Å². The summed E-state index contributed by atoms with van der Waals surface area (Å²) in [5.41, 5.74) is 5.56. The van der Waals surface area contributed by atoms with Crippen LogP contribution in [0.5, 0.6) is 5.75 Å². The van der Waals surface area contributed by atoms with Crippen molar-refractivity contribution < 1.29 is 19.1 Å². The Bertz CT molecular complexity index is 1580. The molecule has 1 fully saturated rings. The molecule has 1 saturated heterocycles. The number of methoxy groups -OCH3 is 1. The van der Waals surface area contributed by atoms with E-state index in [1.165, 1.54) is 6.92 Å². The molecule has 0 spiro atoms. The number of hydrogen-bond donors (Lipinski definition) is 1. The lowest BCUT2D eigenvalue weighted by Crippen LogP contribution is -2.41. The minimum Gasteiger partial charge on any atom is -0.497 e. The highest BCUT2D eigenvalue weighted by molar-refractivity contribution is 5.95. The lowest BCUT2D eigenvalue weighted by Gasteiger charge is -2.33. The maximum absolute atomic E-state index is 12.7. The fraction of sp³-hybridized carbons (Fsp3) is 0.412. The molecule has 4 aromatic rings. The molecule has 2 amide bonds. The summed E-state index contributed by atoms with van der Waals surface area (Å²) >= 11 is 0. The molecule has 1 aliphatic rings. The van der Waals surface area contributed by atoms with Crippen LogP contribution in [0.2, 0.25) is 0 Å². The number of rotatable bonds is 7. The molecule has 0 unspecified atom stereocenters. The summed E-state index contributed by atoms with van der Waals surface area (Å²) in [5, 5.41) is 9.17. The van der Waals surface area contributed by atoms with Crippen LogP contribution in [0.25, 0.3) is 22.2 Å². The van der Waals surface area contributed by atoms with E-state index in [1.807, 2.05) is 68.9 Å². The number of aromatic nitrogens is 3. The molecule has 3 heterocycles. The molecule has 5 rings (SSSR count). The Kier molecular flexibility index (Phi) is 8.71. The third kappa shape index (κ3) is 6.98. The van der Waals surface area contributed by atoms with E-state index in [-0.39, 0.29) is 24.0 Å². The van der Waals surface area contributed by atoms with Crippen LogP contribution < -0.4 is 10.1 Å². The molecule has 0 radical (unpaired) electrons. The van der Waals surface area contributed by atoms with E-state index < -0.39 is 5.60 Å². The summed E-state index contributed by atoms with van der Waals surface area (Å²) in [4.78, 5) is 30.9. The molecular weight excluding hydrogens is 542 g/mol. The number of nitrogens with one attached hydrogen (secondary N) is 1. The van der Waals surface area contributed by atoms with E-state index in [2.05, 4.69) is 29.6 Å². The zero-order valence-corrected chi connectivity index (χ0v) is 25.9. The molecule has 226 valence electrons. The van der Waals surface area contributed by atoms with Gasteiger partial charge in [-0.15, -0.1) is 0 Å². The summed E-state index contributed by atoms with van der Waals surface area (Å²) in [7, 11) is 1.66. The maximum Gasteiger partial charge on any atom is 0.410 e. The van der Waals surface area contributed by atoms with Gasteiger partial charge in [0.25, 0.3) is 0 Å². The second kappa shape index (κ2) is 12.5. The number of piperidine rings is 1. The summed E-state index contributed by atoms with van der Waals surface area (Å²) < 4.78 is 13.0. The first-order chi connectivity index (χ1) is 20.5. The minimum absolute atomic E-state index is 0.0564. The minimum atomic E-state index is -0.527. The molecule has 0 aliphatic carbocycles. The monoisotopic (exact) mass is 583 g/mol. The molecule has 1 aliphatic heterocycles. The van der Waals surface area contributed by atoms with E-state index in [0.717, 1.165) is 57.6 Å². The number of ether oxygens (including phenoxy) is 2. The van der Waals surface area contributed by atoms with Crippen molar-refractivity contribution in [1.82, 2.24) is 25.0 Å². The molecule has 0 saturated carbocycles. The number of carbonyl (C=O) groups is 2. The quantitative estimate of drug-likeness (QED) is 0.268. The zero-order valence-electron chi connectivity index (χ0n) is 25.9. The van der Waals surface area contributed by atoms with Crippen LogP contribution in [0.1, 0.15) is 76.2 Å². The van der Waals surface area contributed by atoms with Gasteiger partial charge in [-0.05, 0) is 81.0 Å². The Morgan fingerprint density at radius 2 is 1.70 bits per heavy atom. The second-order valence-electron chi connectivity index (χ2n) is 12.2. The molecular formula is C34H41N5O4. The lowest BCUT2D eigenvalue weighted by molar-refractivity contribution is -0.119. The molecule has 1 atom stereocenters. The van der Waals surface area contributed by atoms with Crippen molar-refractivity contribution in [3.63, 3.8) is 0 Å². The molecule has 9 nitrogen and oxygen atoms in total. The normalized spacial score (nSPS) is 14.9. The van der Waals surface area contributed by atoms with Gasteiger partial charge in [-0.25, -0.2) is 14.5 Å². The number of amides is 2. The van der Waals surface area contributed by atoms with Gasteiger partial charge in [0, 0.05) is 32.1 Å². The van der Waals surface area contributed by atoms with Gasteiger partial charge < -0.3 is 19.7 Å². The van der Waals surface area contributed by atoms with E-state index >= 15 is 0 Å². The number of pyridine rings is 1. The van der Waals surface area contributed by atoms with E-state index in [4.69, 9.17) is 19.6 Å². The highest BCUT2D eigenvalue weighted by Gasteiger charge is 2.31. The Hall–Kier alpha value is -4.40. The van der Waals surface area contributed by atoms with Crippen LogP contribution in [0, 0.1) is 0 Å². The van der Waals surface area contributed by atoms with Gasteiger partial charge >= 0.3 is 6.09 Å². The van der Waals surface area contributed by atoms with Crippen molar-refractivity contribution in [3.8, 4) is 16.9 Å². The molecule has 9 heteroatoms. The van der Waals surface area contributed by atoms with Gasteiger partial charge in [0.1, 0.15) is 11.4 Å². The summed E-state index contributed by atoms with van der Waals surface area (Å²) in [6.45, 7) is 11.0. The molecule has 1 N–H and O–H groups in total. The lowest BCUT2D eigenvalue weighted by atomic mass is 9.89. The van der Waals surface area contributed by atoms with Gasteiger partial charge in [0.05, 0.1) is 30.8 Å². The van der Waals surface area contributed by atoms with Gasteiger partial charge in [-0.2, -0.15) is 5.10 Å². The highest BCUT2D eigenvalue weighted by Crippen LogP contribution is 2.38. The van der Waals surface area contributed by atoms with Crippen molar-refractivity contribution in [1.29, 1.82) is 0 Å². The van der Waals surface area contributed by atoms with Gasteiger partial charge in [0.15, 0.2) is 5.65 Å². The zero-order chi connectivity index (χ0) is 30.7. The predicted octanol–water partition coefficient (Wildman–Crippen LogP) is 6.47. The summed E-state index contributed by atoms with van der Waals surface area (Å²) in [5.74, 6) is 0.919. The summed E-state index contributed by atoms with van der Waals surface area (Å²) in [6, 6.07) is 18.3. The number of fused-ring (bicyclic) bond motifs is 1. The number of likely N-dealkylation sites (tertiary alicyclic amines) is 1. The van der Waals surface area contributed by atoms with Crippen LogP contribution in [-0.4, -0.2) is 57.5 Å². The fourth-order valence-electron chi connectivity index (χ4n) is 5.67. The van der Waals surface area contributed by atoms with Crippen molar-refractivity contribution in [2.75, 3.05) is 20.2 Å². The Morgan fingerprint density at radius 1 is 1.02 bits per heavy atom. The highest BCUT2D eigenvalue weighted by atomic mass is 16.6. The van der Waals surface area contributed by atoms with Gasteiger partial charge in [-0.3, -0.25) is 4.79 Å². The standard InChI is InChI=1S/C34H41N5O4/c1-22(36-23(2)40)25-9-11-26(12-10-25)29-15-18-35-32-30(29)31(37-39(32)21-24-7-13-28(42-6)14-8-24)27-16-19-38(20-17-27)33(41)43-34(3,4)5/h7-15,18,22,27H,16-17,19-21H2,1-6H3,(H,36,40)/t22-/m1/s1. The van der Waals surface area contributed by atoms with E-state index in [9.17, 15) is 9.59 Å². The van der Waals surface area contributed by atoms with E-state index in [0.29, 0.717) is 19.6 Å². The Morgan fingerprint density at radius 3 is 2.30 bits per heavy atom. The number of carbonyl (C=O) groups excluding carboxylic acids is 2. The summed E-state index contributed by atoms with van der Waals surface area (Å²) in [6.07, 6.45) is 3.15.